The summed E-state index contributed by atoms with van der Waals surface area (Å²) in [4.78, 5) is 4.22. The second-order valence-corrected chi connectivity index (χ2v) is 10.3. The summed E-state index contributed by atoms with van der Waals surface area (Å²) in [5.74, 6) is 0. The smallest absolute Gasteiger partial charge is 0.256 e. The maximum absolute atomic E-state index is 13.4. The number of hydrogen-bond donors (Lipinski definition) is 0. The highest BCUT2D eigenvalue weighted by molar-refractivity contribution is 7.92. The van der Waals surface area contributed by atoms with Crippen molar-refractivity contribution >= 4 is 20.7 Å². The van der Waals surface area contributed by atoms with Gasteiger partial charge in [0.25, 0.3) is 0 Å². The van der Waals surface area contributed by atoms with Crippen LogP contribution in [0.2, 0.25) is 0 Å². The molecule has 0 radical (unpaired) electrons. The van der Waals surface area contributed by atoms with E-state index in [-0.39, 0.29) is 10.4 Å². The van der Waals surface area contributed by atoms with Crippen LogP contribution in [0.4, 0.5) is 13.2 Å². The summed E-state index contributed by atoms with van der Waals surface area (Å²) in [7, 11) is -3.43. The van der Waals surface area contributed by atoms with Gasteiger partial charge in [-0.3, -0.25) is 4.98 Å². The zero-order chi connectivity index (χ0) is 23.1. The fourth-order valence-corrected chi connectivity index (χ4v) is 4.75. The number of nitrogens with zero attached hydrogens (tertiary/aromatic N) is 1. The van der Waals surface area contributed by atoms with E-state index in [9.17, 15) is 21.6 Å². The number of sulfone groups is 1. The molecule has 1 aromatic heterocycles. The summed E-state index contributed by atoms with van der Waals surface area (Å²) in [5, 5.41) is -0.147. The molecule has 0 aliphatic carbocycles. The van der Waals surface area contributed by atoms with Crippen LogP contribution >= 0.6 is 0 Å². The van der Waals surface area contributed by atoms with Gasteiger partial charge in [-0.25, -0.2) is 8.42 Å². The van der Waals surface area contributed by atoms with Crippen molar-refractivity contribution in [2.24, 2.45) is 0 Å². The third-order valence-electron chi connectivity index (χ3n) is 5.37. The van der Waals surface area contributed by atoms with Crippen LogP contribution < -0.4 is 0 Å². The molecule has 0 atom stereocenters. The van der Waals surface area contributed by atoms with Gasteiger partial charge in [-0.1, -0.05) is 42.5 Å². The van der Waals surface area contributed by atoms with Crippen LogP contribution in [0.25, 0.3) is 33.2 Å². The fourth-order valence-electron chi connectivity index (χ4n) is 3.65. The van der Waals surface area contributed by atoms with Crippen LogP contribution in [0, 0.1) is 0 Å². The average Bonchev–Trinajstić information content (AvgIpc) is 2.77. The van der Waals surface area contributed by atoms with Crippen molar-refractivity contribution in [3.8, 4) is 22.3 Å². The highest BCUT2D eigenvalue weighted by atomic mass is 32.2. The molecule has 0 N–H and O–H groups in total. The Morgan fingerprint density at radius 3 is 2.12 bits per heavy atom. The Bertz CT molecular complexity index is 1410. The lowest BCUT2D eigenvalue weighted by atomic mass is 9.96. The Morgan fingerprint density at radius 2 is 1.44 bits per heavy atom. The van der Waals surface area contributed by atoms with Crippen molar-refractivity contribution in [1.82, 2.24) is 4.98 Å². The van der Waals surface area contributed by atoms with E-state index in [0.29, 0.717) is 22.1 Å². The molecule has 32 heavy (non-hydrogen) atoms. The molecule has 0 unspecified atom stereocenters. The molecular weight excluding hydrogens is 435 g/mol. The lowest BCUT2D eigenvalue weighted by Gasteiger charge is -2.13. The topological polar surface area (TPSA) is 47.0 Å². The summed E-state index contributed by atoms with van der Waals surface area (Å²) in [5.41, 5.74) is 1.93. The monoisotopic (exact) mass is 455 g/mol. The zero-order valence-electron chi connectivity index (χ0n) is 17.4. The highest BCUT2D eigenvalue weighted by Crippen LogP contribution is 2.37. The molecule has 0 aliphatic heterocycles. The van der Waals surface area contributed by atoms with Crippen LogP contribution in [0.5, 0.6) is 0 Å². The third-order valence-corrected chi connectivity index (χ3v) is 7.52. The molecular formula is C25H20F3NO2S. The fraction of sp³-hybridized carbons (Fsp3) is 0.160. The summed E-state index contributed by atoms with van der Waals surface area (Å²) >= 11 is 0. The van der Waals surface area contributed by atoms with E-state index in [1.807, 2.05) is 24.3 Å². The van der Waals surface area contributed by atoms with Crippen molar-refractivity contribution < 1.29 is 21.6 Å². The Hall–Kier alpha value is -3.19. The predicted molar refractivity (Wildman–Crippen MR) is 120 cm³/mol. The molecule has 3 aromatic carbocycles. The van der Waals surface area contributed by atoms with E-state index in [0.717, 1.165) is 11.6 Å². The van der Waals surface area contributed by atoms with Gasteiger partial charge in [-0.15, -0.1) is 0 Å². The molecule has 7 heteroatoms. The van der Waals surface area contributed by atoms with Gasteiger partial charge in [0.05, 0.1) is 21.2 Å². The van der Waals surface area contributed by atoms with Gasteiger partial charge in [-0.05, 0) is 66.4 Å². The standard InChI is InChI=1S/C25H20F3NO2S/c1-16(2)32(30,31)20-9-4-7-18(15-20)17-6-3-8-19(14-17)21-12-13-29-24-22(21)10-5-11-23(24)25(26,27)28/h3-16H,1-2H3. The Labute approximate surface area is 184 Å². The zero-order valence-corrected chi connectivity index (χ0v) is 18.2. The van der Waals surface area contributed by atoms with Gasteiger partial charge in [0.1, 0.15) is 0 Å². The Morgan fingerprint density at radius 1 is 0.812 bits per heavy atom. The summed E-state index contributed by atoms with van der Waals surface area (Å²) < 4.78 is 65.4. The van der Waals surface area contributed by atoms with Crippen molar-refractivity contribution in [2.45, 2.75) is 30.2 Å². The van der Waals surface area contributed by atoms with Crippen molar-refractivity contribution in [3.05, 3.63) is 84.6 Å². The largest absolute Gasteiger partial charge is 0.418 e. The number of halogens is 3. The van der Waals surface area contributed by atoms with Crippen LogP contribution in [0.15, 0.2) is 83.9 Å². The lowest BCUT2D eigenvalue weighted by Crippen LogP contribution is -2.13. The molecule has 0 saturated heterocycles. The van der Waals surface area contributed by atoms with Gasteiger partial charge in [0, 0.05) is 11.6 Å². The number of hydrogen-bond acceptors (Lipinski definition) is 3. The van der Waals surface area contributed by atoms with Crippen LogP contribution in [0.1, 0.15) is 19.4 Å². The number of fused-ring (bicyclic) bond motifs is 1. The molecule has 164 valence electrons. The van der Waals surface area contributed by atoms with Crippen molar-refractivity contribution in [3.63, 3.8) is 0 Å². The van der Waals surface area contributed by atoms with Gasteiger partial charge < -0.3 is 0 Å². The molecule has 0 saturated carbocycles. The third kappa shape index (κ3) is 4.00. The number of para-hydroxylation sites is 1. The minimum Gasteiger partial charge on any atom is -0.256 e. The summed E-state index contributed by atoms with van der Waals surface area (Å²) in [6.07, 6.45) is -3.13. The first-order chi connectivity index (χ1) is 15.1. The van der Waals surface area contributed by atoms with Gasteiger partial charge in [-0.2, -0.15) is 13.2 Å². The molecule has 4 aromatic rings. The minimum atomic E-state index is -4.50. The molecule has 0 spiro atoms. The van der Waals surface area contributed by atoms with Crippen molar-refractivity contribution in [1.29, 1.82) is 0 Å². The lowest BCUT2D eigenvalue weighted by molar-refractivity contribution is -0.136. The van der Waals surface area contributed by atoms with Crippen molar-refractivity contribution in [2.75, 3.05) is 0 Å². The van der Waals surface area contributed by atoms with Crippen LogP contribution in [-0.2, 0) is 16.0 Å². The Balaban J connectivity index is 1.85. The molecule has 3 nitrogen and oxygen atoms in total. The molecule has 0 amide bonds. The van der Waals surface area contributed by atoms with Gasteiger partial charge in [0.2, 0.25) is 0 Å². The van der Waals surface area contributed by atoms with Crippen LogP contribution in [0.3, 0.4) is 0 Å². The minimum absolute atomic E-state index is 0.104. The van der Waals surface area contributed by atoms with Gasteiger partial charge >= 0.3 is 6.18 Å². The number of benzene rings is 3. The maximum Gasteiger partial charge on any atom is 0.418 e. The van der Waals surface area contributed by atoms with E-state index < -0.39 is 26.8 Å². The maximum atomic E-state index is 13.4. The summed E-state index contributed by atoms with van der Waals surface area (Å²) in [6.45, 7) is 3.26. The van der Waals surface area contributed by atoms with E-state index >= 15 is 0 Å². The summed E-state index contributed by atoms with van der Waals surface area (Å²) in [6, 6.07) is 19.7. The van der Waals surface area contributed by atoms with Crippen LogP contribution in [-0.4, -0.2) is 18.7 Å². The molecule has 1 heterocycles. The molecule has 4 rings (SSSR count). The molecule has 0 aliphatic rings. The van der Waals surface area contributed by atoms with E-state index in [1.165, 1.54) is 12.3 Å². The van der Waals surface area contributed by atoms with Gasteiger partial charge in [0.15, 0.2) is 9.84 Å². The first kappa shape index (κ1) is 22.0. The first-order valence-corrected chi connectivity index (χ1v) is 11.5. The van der Waals surface area contributed by atoms with E-state index in [2.05, 4.69) is 4.98 Å². The molecule has 0 bridgehead atoms. The Kier molecular flexibility index (Phi) is 5.54. The second-order valence-electron chi connectivity index (χ2n) is 7.76. The predicted octanol–water partition coefficient (Wildman–Crippen LogP) is 6.77. The SMILES string of the molecule is CC(C)S(=O)(=O)c1cccc(-c2cccc(-c3ccnc4c(C(F)(F)F)cccc34)c2)c1. The van der Waals surface area contributed by atoms with E-state index in [4.69, 9.17) is 0 Å². The average molecular weight is 456 g/mol. The first-order valence-electron chi connectivity index (χ1n) is 9.99. The normalized spacial score (nSPS) is 12.4. The number of alkyl halides is 3. The number of aromatic nitrogens is 1. The second kappa shape index (κ2) is 8.06. The highest BCUT2D eigenvalue weighted by Gasteiger charge is 2.33. The molecule has 0 fully saturated rings. The van der Waals surface area contributed by atoms with E-state index in [1.54, 1.807) is 50.2 Å². The number of pyridine rings is 1. The number of rotatable bonds is 4. The quantitative estimate of drug-likeness (QED) is 0.341.